The molecule has 0 saturated heterocycles. The van der Waals surface area contributed by atoms with Gasteiger partial charge in [-0.1, -0.05) is 30.7 Å². The smallest absolute Gasteiger partial charge is 0.222 e. The summed E-state index contributed by atoms with van der Waals surface area (Å²) >= 11 is 5.87. The van der Waals surface area contributed by atoms with E-state index in [1.807, 2.05) is 38.2 Å². The Hall–Kier alpha value is -1.06. The number of rotatable bonds is 6. The van der Waals surface area contributed by atoms with E-state index < -0.39 is 0 Å². The molecule has 4 heteroatoms. The summed E-state index contributed by atoms with van der Waals surface area (Å²) in [6, 6.07) is 7.67. The van der Waals surface area contributed by atoms with E-state index in [-0.39, 0.29) is 11.9 Å². The van der Waals surface area contributed by atoms with Gasteiger partial charge in [0.15, 0.2) is 0 Å². The predicted octanol–water partition coefficient (Wildman–Crippen LogP) is 3.23. The second kappa shape index (κ2) is 7.51. The first-order valence-electron chi connectivity index (χ1n) is 6.67. The molecule has 1 aromatic carbocycles. The van der Waals surface area contributed by atoms with E-state index in [4.69, 9.17) is 17.3 Å². The van der Waals surface area contributed by atoms with E-state index in [0.29, 0.717) is 23.9 Å². The maximum Gasteiger partial charge on any atom is 0.222 e. The van der Waals surface area contributed by atoms with E-state index in [9.17, 15) is 4.79 Å². The molecule has 0 fully saturated rings. The average molecular weight is 283 g/mol. The number of halogens is 1. The first-order valence-corrected chi connectivity index (χ1v) is 7.04. The van der Waals surface area contributed by atoms with Crippen LogP contribution in [-0.2, 0) is 4.79 Å². The third-order valence-electron chi connectivity index (χ3n) is 3.58. The molecule has 2 unspecified atom stereocenters. The van der Waals surface area contributed by atoms with Gasteiger partial charge in [0.25, 0.3) is 0 Å². The van der Waals surface area contributed by atoms with Gasteiger partial charge in [0, 0.05) is 18.5 Å². The summed E-state index contributed by atoms with van der Waals surface area (Å²) in [7, 11) is 1.84. The van der Waals surface area contributed by atoms with E-state index in [1.54, 1.807) is 4.90 Å². The summed E-state index contributed by atoms with van der Waals surface area (Å²) in [5.74, 6) is 0.547. The van der Waals surface area contributed by atoms with Crippen LogP contribution in [0.15, 0.2) is 24.3 Å². The van der Waals surface area contributed by atoms with E-state index >= 15 is 0 Å². The first kappa shape index (κ1) is 16.0. The summed E-state index contributed by atoms with van der Waals surface area (Å²) in [6.07, 6.45) is 1.39. The minimum Gasteiger partial charge on any atom is -0.339 e. The van der Waals surface area contributed by atoms with Crippen molar-refractivity contribution in [2.45, 2.75) is 32.7 Å². The molecule has 0 aliphatic carbocycles. The summed E-state index contributed by atoms with van der Waals surface area (Å²) in [4.78, 5) is 13.9. The summed E-state index contributed by atoms with van der Waals surface area (Å²) in [6.45, 7) is 4.72. The molecule has 19 heavy (non-hydrogen) atoms. The molecule has 1 rings (SSSR count). The van der Waals surface area contributed by atoms with Gasteiger partial charge in [-0.15, -0.1) is 0 Å². The fourth-order valence-corrected chi connectivity index (χ4v) is 1.97. The van der Waals surface area contributed by atoms with Crippen molar-refractivity contribution in [3.8, 4) is 0 Å². The van der Waals surface area contributed by atoms with Crippen LogP contribution in [0.1, 0.15) is 38.3 Å². The fraction of sp³-hybridized carbons (Fsp3) is 0.533. The van der Waals surface area contributed by atoms with Gasteiger partial charge in [-0.25, -0.2) is 0 Å². The number of benzene rings is 1. The molecule has 2 N–H and O–H groups in total. The highest BCUT2D eigenvalue weighted by molar-refractivity contribution is 6.30. The summed E-state index contributed by atoms with van der Waals surface area (Å²) in [5, 5.41) is 0.710. The predicted molar refractivity (Wildman–Crippen MR) is 80.1 cm³/mol. The maximum absolute atomic E-state index is 12.1. The Morgan fingerprint density at radius 2 is 1.89 bits per heavy atom. The van der Waals surface area contributed by atoms with Crippen molar-refractivity contribution in [2.24, 2.45) is 11.7 Å². The number of hydrogen-bond acceptors (Lipinski definition) is 2. The molecule has 0 aromatic heterocycles. The SMILES string of the molecule is CC(CN)CCC(=O)N(C)C(C)c1ccc(Cl)cc1. The lowest BCUT2D eigenvalue weighted by molar-refractivity contribution is -0.132. The van der Waals surface area contributed by atoms with Crippen molar-refractivity contribution in [3.05, 3.63) is 34.9 Å². The molecule has 3 nitrogen and oxygen atoms in total. The zero-order valence-electron chi connectivity index (χ0n) is 11.9. The lowest BCUT2D eigenvalue weighted by Gasteiger charge is -2.26. The van der Waals surface area contributed by atoms with Gasteiger partial charge in [-0.05, 0) is 43.5 Å². The quantitative estimate of drug-likeness (QED) is 0.871. The number of hydrogen-bond donors (Lipinski definition) is 1. The summed E-state index contributed by atoms with van der Waals surface area (Å²) in [5.41, 5.74) is 6.65. The second-order valence-corrected chi connectivity index (χ2v) is 5.55. The second-order valence-electron chi connectivity index (χ2n) is 5.11. The number of nitrogens with zero attached hydrogens (tertiary/aromatic N) is 1. The van der Waals surface area contributed by atoms with Crippen molar-refractivity contribution in [1.82, 2.24) is 4.90 Å². The van der Waals surface area contributed by atoms with Crippen molar-refractivity contribution >= 4 is 17.5 Å². The molecule has 0 bridgehead atoms. The average Bonchev–Trinajstić information content (AvgIpc) is 2.43. The highest BCUT2D eigenvalue weighted by Crippen LogP contribution is 2.22. The van der Waals surface area contributed by atoms with E-state index in [2.05, 4.69) is 6.92 Å². The van der Waals surface area contributed by atoms with Crippen LogP contribution in [0, 0.1) is 5.92 Å². The zero-order valence-corrected chi connectivity index (χ0v) is 12.7. The molecule has 2 atom stereocenters. The van der Waals surface area contributed by atoms with Crippen molar-refractivity contribution in [3.63, 3.8) is 0 Å². The maximum atomic E-state index is 12.1. The van der Waals surface area contributed by atoms with Gasteiger partial charge < -0.3 is 10.6 Å². The molecule has 0 aliphatic heterocycles. The third-order valence-corrected chi connectivity index (χ3v) is 3.83. The lowest BCUT2D eigenvalue weighted by atomic mass is 10.0. The van der Waals surface area contributed by atoms with Crippen LogP contribution in [0.2, 0.25) is 5.02 Å². The Morgan fingerprint density at radius 1 is 1.32 bits per heavy atom. The standard InChI is InChI=1S/C15H23ClN2O/c1-11(10-17)4-9-15(19)18(3)12(2)13-5-7-14(16)8-6-13/h5-8,11-12H,4,9-10,17H2,1-3H3. The summed E-state index contributed by atoms with van der Waals surface area (Å²) < 4.78 is 0. The fourth-order valence-electron chi connectivity index (χ4n) is 1.84. The minimum absolute atomic E-state index is 0.0537. The number of carbonyl (C=O) groups excluding carboxylic acids is 1. The topological polar surface area (TPSA) is 46.3 Å². The highest BCUT2D eigenvalue weighted by atomic mass is 35.5. The normalized spacial score (nSPS) is 13.9. The van der Waals surface area contributed by atoms with Crippen LogP contribution in [0.5, 0.6) is 0 Å². The van der Waals surface area contributed by atoms with Crippen LogP contribution in [0.4, 0.5) is 0 Å². The van der Waals surface area contributed by atoms with E-state index in [0.717, 1.165) is 12.0 Å². The Morgan fingerprint density at radius 3 is 2.42 bits per heavy atom. The zero-order chi connectivity index (χ0) is 14.4. The van der Waals surface area contributed by atoms with Crippen LogP contribution in [0.3, 0.4) is 0 Å². The number of nitrogens with two attached hydrogens (primary N) is 1. The van der Waals surface area contributed by atoms with Gasteiger partial charge >= 0.3 is 0 Å². The van der Waals surface area contributed by atoms with Gasteiger partial charge in [0.05, 0.1) is 6.04 Å². The Balaban J connectivity index is 2.58. The van der Waals surface area contributed by atoms with Gasteiger partial charge in [-0.3, -0.25) is 4.79 Å². The molecule has 0 saturated carbocycles. The lowest BCUT2D eigenvalue weighted by Crippen LogP contribution is -2.30. The van der Waals surface area contributed by atoms with Crippen LogP contribution in [0.25, 0.3) is 0 Å². The van der Waals surface area contributed by atoms with Gasteiger partial charge in [0.1, 0.15) is 0 Å². The molecule has 106 valence electrons. The van der Waals surface area contributed by atoms with Crippen LogP contribution < -0.4 is 5.73 Å². The van der Waals surface area contributed by atoms with Gasteiger partial charge in [0.2, 0.25) is 5.91 Å². The van der Waals surface area contributed by atoms with Gasteiger partial charge in [-0.2, -0.15) is 0 Å². The number of carbonyl (C=O) groups is 1. The molecule has 0 aliphatic rings. The number of amides is 1. The first-order chi connectivity index (χ1) is 8.95. The largest absolute Gasteiger partial charge is 0.339 e. The van der Waals surface area contributed by atoms with Crippen LogP contribution in [-0.4, -0.2) is 24.4 Å². The monoisotopic (exact) mass is 282 g/mol. The minimum atomic E-state index is 0.0537. The van der Waals surface area contributed by atoms with E-state index in [1.165, 1.54) is 0 Å². The Kier molecular flexibility index (Phi) is 6.32. The van der Waals surface area contributed by atoms with Crippen molar-refractivity contribution in [1.29, 1.82) is 0 Å². The van der Waals surface area contributed by atoms with Crippen LogP contribution >= 0.6 is 11.6 Å². The third kappa shape index (κ3) is 4.84. The molecule has 1 aromatic rings. The van der Waals surface area contributed by atoms with Crippen molar-refractivity contribution < 1.29 is 4.79 Å². The highest BCUT2D eigenvalue weighted by Gasteiger charge is 2.17. The molecular formula is C15H23ClN2O. The molecule has 0 radical (unpaired) electrons. The molecule has 0 spiro atoms. The Bertz CT molecular complexity index is 405. The molecule has 0 heterocycles. The molecular weight excluding hydrogens is 260 g/mol. The Labute approximate surface area is 120 Å². The molecule has 1 amide bonds. The van der Waals surface area contributed by atoms with Crippen molar-refractivity contribution in [2.75, 3.05) is 13.6 Å².